The van der Waals surface area contributed by atoms with Crippen molar-refractivity contribution in [3.8, 4) is 0 Å². The van der Waals surface area contributed by atoms with Gasteiger partial charge in [0.25, 0.3) is 0 Å². The number of benzene rings is 4. The van der Waals surface area contributed by atoms with E-state index in [9.17, 15) is 14.2 Å². The van der Waals surface area contributed by atoms with Gasteiger partial charge in [0.1, 0.15) is 0 Å². The van der Waals surface area contributed by atoms with Gasteiger partial charge in [0.2, 0.25) is 10.6 Å². The van der Waals surface area contributed by atoms with Crippen molar-refractivity contribution in [2.45, 2.75) is 27.7 Å². The van der Waals surface area contributed by atoms with Crippen LogP contribution in [0.25, 0.3) is 0 Å². The van der Waals surface area contributed by atoms with Crippen molar-refractivity contribution < 1.29 is 14.2 Å². The molecule has 0 radical (unpaired) electrons. The maximum atomic E-state index is 13.9. The number of ketones is 2. The Morgan fingerprint density at radius 1 is 0.529 bits per heavy atom. The quantitative estimate of drug-likeness (QED) is 0.253. The van der Waals surface area contributed by atoms with Crippen LogP contribution in [0, 0.1) is 27.7 Å². The zero-order chi connectivity index (χ0) is 24.4. The summed E-state index contributed by atoms with van der Waals surface area (Å²) in [6.45, 7) is 7.77. The van der Waals surface area contributed by atoms with Gasteiger partial charge in [-0.15, -0.1) is 0 Å². The van der Waals surface area contributed by atoms with Crippen LogP contribution >= 0.6 is 7.80 Å². The molecular weight excluding hydrogens is 439 g/mol. The van der Waals surface area contributed by atoms with E-state index < -0.39 is 7.80 Å². The van der Waals surface area contributed by atoms with Crippen molar-refractivity contribution in [1.29, 1.82) is 0 Å². The van der Waals surface area contributed by atoms with Gasteiger partial charge in [0.15, 0.2) is 11.6 Å². The fourth-order valence-corrected chi connectivity index (χ4v) is 5.73. The molecule has 0 N–H and O–H groups in total. The zero-order valence-corrected chi connectivity index (χ0v) is 20.6. The van der Waals surface area contributed by atoms with Gasteiger partial charge in [-0.2, -0.15) is 0 Å². The number of hydrogen-bond donors (Lipinski definition) is 0. The van der Waals surface area contributed by atoms with Gasteiger partial charge in [0, 0.05) is 11.1 Å². The Kier molecular flexibility index (Phi) is 6.68. The second-order valence-electron chi connectivity index (χ2n) is 8.62. The van der Waals surface area contributed by atoms with Gasteiger partial charge >= 0.3 is 7.80 Å². The molecule has 0 aliphatic rings. The van der Waals surface area contributed by atoms with E-state index in [2.05, 4.69) is 0 Å². The van der Waals surface area contributed by atoms with Crippen molar-refractivity contribution in [3.63, 3.8) is 0 Å². The third-order valence-electron chi connectivity index (χ3n) is 5.99. The molecule has 168 valence electrons. The number of hydrogen-bond acceptors (Lipinski definition) is 3. The predicted molar refractivity (Wildman–Crippen MR) is 138 cm³/mol. The molecule has 0 saturated heterocycles. The lowest BCUT2D eigenvalue weighted by Gasteiger charge is -2.08. The maximum Gasteiger partial charge on any atom is 0.416 e. The third kappa shape index (κ3) is 4.53. The molecule has 34 heavy (non-hydrogen) atoms. The second kappa shape index (κ2) is 9.67. The van der Waals surface area contributed by atoms with Crippen LogP contribution in [0.2, 0.25) is 0 Å². The second-order valence-corrected chi connectivity index (χ2v) is 10.2. The lowest BCUT2D eigenvalue weighted by atomic mass is 9.97. The van der Waals surface area contributed by atoms with E-state index in [1.165, 1.54) is 0 Å². The molecule has 0 aromatic heterocycles. The van der Waals surface area contributed by atoms with E-state index in [1.807, 2.05) is 64.1 Å². The average molecular weight is 466 g/mol. The number of rotatable bonds is 6. The van der Waals surface area contributed by atoms with E-state index in [0.29, 0.717) is 32.9 Å². The van der Waals surface area contributed by atoms with Crippen LogP contribution in [0.5, 0.6) is 0 Å². The molecule has 0 spiro atoms. The summed E-state index contributed by atoms with van der Waals surface area (Å²) >= 11 is 0. The molecular formula is C30H26O3P+. The van der Waals surface area contributed by atoms with E-state index in [1.54, 1.807) is 48.5 Å². The van der Waals surface area contributed by atoms with Crippen molar-refractivity contribution in [1.82, 2.24) is 0 Å². The van der Waals surface area contributed by atoms with Gasteiger partial charge in [-0.05, 0) is 63.1 Å². The standard InChI is InChI=1S/C30H26O3P/c1-19-13-15-23(21(3)17-19)29(31)25-9-5-7-11-27(25)34(33)28-12-8-6-10-26(28)30(32)24-16-14-20(2)18-22(24)4/h5-18H,1-4H3/q+1. The van der Waals surface area contributed by atoms with Crippen LogP contribution in [0.15, 0.2) is 84.9 Å². The van der Waals surface area contributed by atoms with Crippen LogP contribution in [-0.4, -0.2) is 11.6 Å². The highest BCUT2D eigenvalue weighted by molar-refractivity contribution is 7.62. The molecule has 0 fully saturated rings. The highest BCUT2D eigenvalue weighted by Gasteiger charge is 2.34. The lowest BCUT2D eigenvalue weighted by Crippen LogP contribution is -2.21. The Labute approximate surface area is 201 Å². The Bertz CT molecular complexity index is 1340. The molecule has 0 unspecified atom stereocenters. The van der Waals surface area contributed by atoms with Crippen LogP contribution in [0.1, 0.15) is 54.1 Å². The molecule has 0 atom stereocenters. The van der Waals surface area contributed by atoms with Crippen molar-refractivity contribution in [2.75, 3.05) is 0 Å². The summed E-state index contributed by atoms with van der Waals surface area (Å²) in [5.74, 6) is -0.343. The summed E-state index contributed by atoms with van der Waals surface area (Å²) in [6, 6.07) is 25.3. The van der Waals surface area contributed by atoms with Crippen LogP contribution < -0.4 is 10.6 Å². The Balaban J connectivity index is 1.79. The van der Waals surface area contributed by atoms with E-state index >= 15 is 0 Å². The minimum Gasteiger partial charge on any atom is -0.288 e. The van der Waals surface area contributed by atoms with Crippen molar-refractivity contribution >= 4 is 30.0 Å². The molecule has 4 heteroatoms. The first kappa shape index (κ1) is 23.5. The molecule has 0 heterocycles. The first-order chi connectivity index (χ1) is 16.3. The van der Waals surface area contributed by atoms with E-state index in [4.69, 9.17) is 0 Å². The van der Waals surface area contributed by atoms with E-state index in [-0.39, 0.29) is 11.6 Å². The molecule has 4 aromatic rings. The molecule has 0 saturated carbocycles. The Morgan fingerprint density at radius 3 is 1.29 bits per heavy atom. The topological polar surface area (TPSA) is 51.2 Å². The fourth-order valence-electron chi connectivity index (χ4n) is 4.24. The number of carbonyl (C=O) groups excluding carboxylic acids is 2. The van der Waals surface area contributed by atoms with Gasteiger partial charge in [-0.3, -0.25) is 9.59 Å². The van der Waals surface area contributed by atoms with Crippen molar-refractivity contribution in [3.05, 3.63) is 129 Å². The summed E-state index contributed by atoms with van der Waals surface area (Å²) in [7, 11) is -2.18. The van der Waals surface area contributed by atoms with Gasteiger partial charge < -0.3 is 0 Å². The average Bonchev–Trinajstić information content (AvgIpc) is 2.83. The van der Waals surface area contributed by atoms with E-state index in [0.717, 1.165) is 22.3 Å². The lowest BCUT2D eigenvalue weighted by molar-refractivity contribution is 0.103. The number of aryl methyl sites for hydroxylation is 4. The summed E-state index contributed by atoms with van der Waals surface area (Å²) in [4.78, 5) is 26.9. The van der Waals surface area contributed by atoms with Gasteiger partial charge in [-0.1, -0.05) is 76.4 Å². The van der Waals surface area contributed by atoms with Crippen LogP contribution in [-0.2, 0) is 4.57 Å². The van der Waals surface area contributed by atoms with Gasteiger partial charge in [0.05, 0.1) is 11.1 Å². The highest BCUT2D eigenvalue weighted by atomic mass is 31.1. The fraction of sp³-hybridized carbons (Fsp3) is 0.133. The SMILES string of the molecule is Cc1ccc(C(=O)c2ccccc2[P+](=O)c2ccccc2C(=O)c2ccc(C)cc2C)c(C)c1. The summed E-state index contributed by atoms with van der Waals surface area (Å²) < 4.78 is 13.9. The summed E-state index contributed by atoms with van der Waals surface area (Å²) in [6.07, 6.45) is 0. The third-order valence-corrected chi connectivity index (χ3v) is 7.64. The smallest absolute Gasteiger partial charge is 0.288 e. The highest BCUT2D eigenvalue weighted by Crippen LogP contribution is 2.27. The Morgan fingerprint density at radius 2 is 0.912 bits per heavy atom. The molecule has 0 bridgehead atoms. The zero-order valence-electron chi connectivity index (χ0n) is 19.8. The monoisotopic (exact) mass is 465 g/mol. The predicted octanol–water partition coefficient (Wildman–Crippen LogP) is 6.16. The molecule has 4 aromatic carbocycles. The maximum absolute atomic E-state index is 13.9. The molecule has 0 aliphatic heterocycles. The largest absolute Gasteiger partial charge is 0.416 e. The first-order valence-electron chi connectivity index (χ1n) is 11.2. The minimum absolute atomic E-state index is 0.172. The molecule has 3 nitrogen and oxygen atoms in total. The first-order valence-corrected chi connectivity index (χ1v) is 12.4. The number of carbonyl (C=O) groups is 2. The normalized spacial score (nSPS) is 10.7. The summed E-state index contributed by atoms with van der Waals surface area (Å²) in [5, 5.41) is 0.867. The van der Waals surface area contributed by atoms with Gasteiger partial charge in [-0.25, -0.2) is 0 Å². The van der Waals surface area contributed by atoms with Crippen molar-refractivity contribution in [2.24, 2.45) is 0 Å². The molecule has 0 amide bonds. The van der Waals surface area contributed by atoms with Crippen LogP contribution in [0.4, 0.5) is 0 Å². The molecule has 4 rings (SSSR count). The summed E-state index contributed by atoms with van der Waals surface area (Å²) in [5.41, 5.74) is 5.86. The van der Waals surface area contributed by atoms with Crippen LogP contribution in [0.3, 0.4) is 0 Å². The minimum atomic E-state index is -2.18. The molecule has 0 aliphatic carbocycles. The Hall–Kier alpha value is -3.68.